The first-order valence-corrected chi connectivity index (χ1v) is 32.6. The van der Waals surface area contributed by atoms with Gasteiger partial charge in [0.1, 0.15) is 0 Å². The Hall–Kier alpha value is -7.84. The summed E-state index contributed by atoms with van der Waals surface area (Å²) in [7, 11) is 0. The van der Waals surface area contributed by atoms with Crippen molar-refractivity contribution in [2.75, 3.05) is 0 Å². The van der Waals surface area contributed by atoms with Crippen LogP contribution < -0.4 is 44.9 Å². The second-order valence-electron chi connectivity index (χ2n) is 24.8. The molecule has 512 valence electrons. The minimum absolute atomic E-state index is 0.0293. The Kier molecular flexibility index (Phi) is 33.9. The van der Waals surface area contributed by atoms with Crippen LogP contribution in [0.5, 0.6) is 0 Å². The summed E-state index contributed by atoms with van der Waals surface area (Å²) in [5, 5.41) is 48.9. The molecule has 32 nitrogen and oxygen atoms in total. The molecular formula is C60H96N16O16. The van der Waals surface area contributed by atoms with Crippen LogP contribution in [0.25, 0.3) is 0 Å². The van der Waals surface area contributed by atoms with E-state index in [-0.39, 0.29) is 96.2 Å². The van der Waals surface area contributed by atoms with E-state index in [2.05, 4.69) is 40.6 Å². The third-order valence-corrected chi connectivity index (χ3v) is 17.8. The first-order valence-electron chi connectivity index (χ1n) is 32.6. The zero-order valence-electron chi connectivity index (χ0n) is 52.6. The van der Waals surface area contributed by atoms with Crippen LogP contribution in [-0.2, 0) is 19.2 Å². The number of hydrogen-bond acceptors (Lipinski definition) is 24. The number of carbonyl (C=O) groups is 8. The predicted octanol–water partition coefficient (Wildman–Crippen LogP) is 7.59. The molecule has 92 heavy (non-hydrogen) atoms. The molecule has 0 radical (unpaired) electrons. The topological polar surface area (TPSA) is 525 Å². The maximum atomic E-state index is 11.5. The second kappa shape index (κ2) is 41.6. The lowest BCUT2D eigenvalue weighted by Gasteiger charge is -2.22. The molecular weight excluding hydrogens is 1200 g/mol. The van der Waals surface area contributed by atoms with Crippen molar-refractivity contribution in [3.63, 3.8) is 0 Å². The Balaban J connectivity index is 0.000000223. The molecule has 4 fully saturated rings. The lowest BCUT2D eigenvalue weighted by Crippen LogP contribution is -2.21. The van der Waals surface area contributed by atoms with E-state index in [0.717, 1.165) is 75.0 Å². The highest BCUT2D eigenvalue weighted by Crippen LogP contribution is 2.35. The first kappa shape index (κ1) is 74.9. The van der Waals surface area contributed by atoms with Crippen molar-refractivity contribution in [1.29, 1.82) is 0 Å². The largest absolute Gasteiger partial charge is 0.363 e. The third-order valence-electron chi connectivity index (χ3n) is 17.8. The summed E-state index contributed by atoms with van der Waals surface area (Å²) < 4.78 is 20.2. The van der Waals surface area contributed by atoms with Crippen LogP contribution in [0, 0.1) is 23.7 Å². The summed E-state index contributed by atoms with van der Waals surface area (Å²) >= 11 is 0. The molecule has 4 heterocycles. The average Bonchev–Trinajstić information content (AvgIpc) is 1.95. The van der Waals surface area contributed by atoms with Crippen LogP contribution in [0.1, 0.15) is 321 Å². The number of nitrogens with zero attached hydrogens (tertiary/aromatic N) is 8. The third kappa shape index (κ3) is 27.5. The zero-order chi connectivity index (χ0) is 66.6. The molecule has 0 spiro atoms. The van der Waals surface area contributed by atoms with Gasteiger partial charge in [-0.25, -0.2) is 21.9 Å². The van der Waals surface area contributed by atoms with Crippen molar-refractivity contribution in [3.8, 4) is 0 Å². The van der Waals surface area contributed by atoms with Gasteiger partial charge in [-0.1, -0.05) is 200 Å². The summed E-state index contributed by atoms with van der Waals surface area (Å²) in [6, 6.07) is 0. The smallest absolute Gasteiger partial charge is 0.290 e. The van der Waals surface area contributed by atoms with E-state index in [1.165, 1.54) is 128 Å². The Morgan fingerprint density at radius 3 is 0.674 bits per heavy atom. The summed E-state index contributed by atoms with van der Waals surface area (Å²) in [5.41, 5.74) is 26.9. The summed E-state index contributed by atoms with van der Waals surface area (Å²) in [4.78, 5) is 106. The van der Waals surface area contributed by atoms with Crippen molar-refractivity contribution in [1.82, 2.24) is 62.5 Å². The predicted molar refractivity (Wildman–Crippen MR) is 322 cm³/mol. The highest BCUT2D eigenvalue weighted by molar-refractivity contribution is 5.90. The molecule has 8 amide bonds. The molecule has 0 unspecified atom stereocenters. The molecule has 0 aromatic carbocycles. The number of amides is 8. The monoisotopic (exact) mass is 1300 g/mol. The van der Waals surface area contributed by atoms with E-state index in [9.17, 15) is 38.4 Å². The zero-order valence-corrected chi connectivity index (χ0v) is 52.6. The molecule has 4 aromatic rings. The Bertz CT molecular complexity index is 2480. The summed E-state index contributed by atoms with van der Waals surface area (Å²) in [6.45, 7) is 0. The Morgan fingerprint density at radius 1 is 0.337 bits per heavy atom. The summed E-state index contributed by atoms with van der Waals surface area (Å²) in [5.74, 6) is -3.40. The molecule has 4 aliphatic rings. The molecule has 4 aliphatic carbocycles. The molecule has 4 saturated carbocycles. The fourth-order valence-corrected chi connectivity index (χ4v) is 12.8. The van der Waals surface area contributed by atoms with Crippen LogP contribution in [0.2, 0.25) is 0 Å². The van der Waals surface area contributed by atoms with Crippen LogP contribution in [0.3, 0.4) is 0 Å². The number of primary amides is 4. The number of aromatic nitrogens is 8. The number of carbonyl (C=O) groups excluding carboxylic acids is 8. The molecule has 0 saturated heterocycles. The number of hydrogen-bond donors (Lipinski definition) is 12. The standard InChI is InChI=1S/4C15H24N4O4/c4*16-13(21)14-17-15(23-19-14)11(9-12(20)18-22)8-4-7-10-5-2-1-3-6-10/h4*10-11,22H,1-9H2,(H2,16,21)(H,18,20)/t4*11-/m1111/s1. The van der Waals surface area contributed by atoms with Crippen LogP contribution in [0.15, 0.2) is 18.1 Å². The van der Waals surface area contributed by atoms with Gasteiger partial charge in [0.15, 0.2) is 0 Å². The molecule has 4 atom stereocenters. The van der Waals surface area contributed by atoms with Crippen molar-refractivity contribution < 1.29 is 77.3 Å². The Labute approximate surface area is 533 Å². The average molecular weight is 1300 g/mol. The fourth-order valence-electron chi connectivity index (χ4n) is 12.8. The second-order valence-corrected chi connectivity index (χ2v) is 24.8. The van der Waals surface area contributed by atoms with Gasteiger partial charge in [-0.05, 0) is 49.4 Å². The molecule has 0 bridgehead atoms. The van der Waals surface area contributed by atoms with Gasteiger partial charge in [0, 0.05) is 49.4 Å². The van der Waals surface area contributed by atoms with Crippen molar-refractivity contribution >= 4 is 47.3 Å². The van der Waals surface area contributed by atoms with Crippen molar-refractivity contribution in [2.24, 2.45) is 46.6 Å². The molecule has 4 aromatic heterocycles. The maximum absolute atomic E-state index is 11.5. The normalized spacial score (nSPS) is 16.9. The summed E-state index contributed by atoms with van der Waals surface area (Å²) in [6.07, 6.45) is 36.9. The molecule has 8 rings (SSSR count). The van der Waals surface area contributed by atoms with Gasteiger partial charge in [0.2, 0.25) is 47.2 Å². The van der Waals surface area contributed by atoms with Gasteiger partial charge in [-0.3, -0.25) is 59.2 Å². The number of nitrogens with two attached hydrogens (primary N) is 4. The van der Waals surface area contributed by atoms with Crippen LogP contribution in [-0.4, -0.2) is 109 Å². The van der Waals surface area contributed by atoms with Gasteiger partial charge in [-0.15, -0.1) is 0 Å². The quantitative estimate of drug-likeness (QED) is 0.0165. The molecule has 0 aliphatic heterocycles. The fraction of sp³-hybridized carbons (Fsp3) is 0.733. The van der Waals surface area contributed by atoms with Crippen LogP contribution >= 0.6 is 0 Å². The van der Waals surface area contributed by atoms with Gasteiger partial charge < -0.3 is 41.0 Å². The van der Waals surface area contributed by atoms with E-state index in [1.54, 1.807) is 21.9 Å². The Morgan fingerprint density at radius 2 is 0.522 bits per heavy atom. The minimum Gasteiger partial charge on any atom is -0.363 e. The van der Waals surface area contributed by atoms with E-state index in [1.807, 2.05) is 0 Å². The minimum atomic E-state index is -0.771. The SMILES string of the molecule is NC(=O)c1noc([C@H](CCCC2CCCCC2)CC(=O)NO)n1.NC(=O)c1noc([C@H](CCCC2CCCCC2)CC(=O)NO)n1.NC(=O)c1noc([C@H](CCCC2CCCCC2)CC(=O)NO)n1.NC(=O)c1noc([C@H](CCCC2CCCCC2)CC(=O)NO)n1. The van der Waals surface area contributed by atoms with Crippen molar-refractivity contribution in [2.45, 2.75) is 255 Å². The van der Waals surface area contributed by atoms with Crippen molar-refractivity contribution in [3.05, 3.63) is 46.9 Å². The number of nitrogens with one attached hydrogen (secondary N) is 4. The van der Waals surface area contributed by atoms with Crippen LogP contribution in [0.4, 0.5) is 0 Å². The van der Waals surface area contributed by atoms with Gasteiger partial charge in [-0.2, -0.15) is 19.9 Å². The lowest BCUT2D eigenvalue weighted by molar-refractivity contribution is -0.130. The van der Waals surface area contributed by atoms with E-state index in [0.29, 0.717) is 25.7 Å². The lowest BCUT2D eigenvalue weighted by atomic mass is 9.84. The molecule has 16 N–H and O–H groups in total. The van der Waals surface area contributed by atoms with Gasteiger partial charge in [0.25, 0.3) is 46.9 Å². The highest BCUT2D eigenvalue weighted by Gasteiger charge is 2.29. The maximum Gasteiger partial charge on any atom is 0.290 e. The van der Waals surface area contributed by atoms with Gasteiger partial charge in [0.05, 0.1) is 0 Å². The number of rotatable bonds is 32. The van der Waals surface area contributed by atoms with Gasteiger partial charge >= 0.3 is 0 Å². The molecule has 32 heteroatoms. The highest BCUT2D eigenvalue weighted by atomic mass is 16.5. The van der Waals surface area contributed by atoms with E-state index < -0.39 is 47.3 Å². The van der Waals surface area contributed by atoms with E-state index in [4.69, 9.17) is 61.9 Å². The van der Waals surface area contributed by atoms with E-state index >= 15 is 0 Å². The number of hydroxylamine groups is 4. The first-order chi connectivity index (χ1) is 44.4.